The van der Waals surface area contributed by atoms with Crippen molar-refractivity contribution >= 4 is 21.9 Å². The molecule has 0 aliphatic heterocycles. The number of hydrogen-bond donors (Lipinski definition) is 0. The Hall–Kier alpha value is -0.840. The topological polar surface area (TPSA) is 52.3 Å². The van der Waals surface area contributed by atoms with Crippen molar-refractivity contribution in [3.8, 4) is 0 Å². The predicted molar refractivity (Wildman–Crippen MR) is 40.3 cm³/mol. The number of ether oxygens (including phenoxy) is 1. The molecule has 1 aromatic rings. The molecule has 0 aliphatic carbocycles. The Labute approximate surface area is 71.6 Å². The van der Waals surface area contributed by atoms with Gasteiger partial charge in [-0.05, 0) is 22.9 Å². The first-order valence-electron chi connectivity index (χ1n) is 2.87. The molecule has 0 spiro atoms. The maximum Gasteiger partial charge on any atom is 0.377 e. The van der Waals surface area contributed by atoms with Gasteiger partial charge < -0.3 is 9.26 Å². The first kappa shape index (κ1) is 8.26. The highest BCUT2D eigenvalue weighted by molar-refractivity contribution is 9.10. The average molecular weight is 220 g/mol. The van der Waals surface area contributed by atoms with Crippen LogP contribution in [0, 0.1) is 6.92 Å². The van der Waals surface area contributed by atoms with Gasteiger partial charge in [-0.25, -0.2) is 4.79 Å². The lowest BCUT2D eigenvalue weighted by molar-refractivity contribution is 0.0553. The molecular weight excluding hydrogens is 214 g/mol. The van der Waals surface area contributed by atoms with Gasteiger partial charge in [0.1, 0.15) is 0 Å². The van der Waals surface area contributed by atoms with Gasteiger partial charge in [0.25, 0.3) is 0 Å². The molecule has 0 atom stereocenters. The van der Waals surface area contributed by atoms with E-state index in [1.165, 1.54) is 7.11 Å². The molecule has 60 valence electrons. The van der Waals surface area contributed by atoms with Gasteiger partial charge in [0.2, 0.25) is 5.76 Å². The number of nitrogens with zero attached hydrogens (tertiary/aromatic N) is 1. The lowest BCUT2D eigenvalue weighted by Crippen LogP contribution is -2.00. The molecule has 11 heavy (non-hydrogen) atoms. The molecular formula is C6H6BrNO3. The van der Waals surface area contributed by atoms with Crippen LogP contribution < -0.4 is 0 Å². The minimum Gasteiger partial charge on any atom is -0.463 e. The van der Waals surface area contributed by atoms with Crippen LogP contribution in [0.1, 0.15) is 16.1 Å². The SMILES string of the molecule is COC(=O)c1onc(Br)c1C. The third kappa shape index (κ3) is 1.42. The first-order valence-corrected chi connectivity index (χ1v) is 3.66. The first-order chi connectivity index (χ1) is 5.16. The molecule has 0 saturated carbocycles. The van der Waals surface area contributed by atoms with E-state index < -0.39 is 5.97 Å². The fraction of sp³-hybridized carbons (Fsp3) is 0.333. The van der Waals surface area contributed by atoms with E-state index in [9.17, 15) is 4.79 Å². The second-order valence-corrected chi connectivity index (χ2v) is 2.67. The zero-order valence-electron chi connectivity index (χ0n) is 6.05. The summed E-state index contributed by atoms with van der Waals surface area (Å²) in [6.07, 6.45) is 0. The zero-order valence-corrected chi connectivity index (χ0v) is 7.64. The fourth-order valence-corrected chi connectivity index (χ4v) is 0.852. The molecule has 0 radical (unpaired) electrons. The second kappa shape index (κ2) is 3.04. The van der Waals surface area contributed by atoms with E-state index in [0.717, 1.165) is 0 Å². The largest absolute Gasteiger partial charge is 0.463 e. The van der Waals surface area contributed by atoms with E-state index in [4.69, 9.17) is 0 Å². The Morgan fingerprint density at radius 3 is 2.73 bits per heavy atom. The van der Waals surface area contributed by atoms with E-state index in [-0.39, 0.29) is 5.76 Å². The van der Waals surface area contributed by atoms with Crippen LogP contribution in [0.3, 0.4) is 0 Å². The lowest BCUT2D eigenvalue weighted by Gasteiger charge is -1.91. The summed E-state index contributed by atoms with van der Waals surface area (Å²) in [5.74, 6) is -0.375. The van der Waals surface area contributed by atoms with Crippen LogP contribution in [-0.4, -0.2) is 18.2 Å². The maximum absolute atomic E-state index is 10.9. The number of halogens is 1. The van der Waals surface area contributed by atoms with E-state index in [2.05, 4.69) is 30.3 Å². The molecule has 0 N–H and O–H groups in total. The van der Waals surface area contributed by atoms with Gasteiger partial charge in [-0.1, -0.05) is 5.16 Å². The Bertz CT molecular complexity index is 281. The standard InChI is InChI=1S/C6H6BrNO3/c1-3-4(6(9)10-2)11-8-5(3)7/h1-2H3. The van der Waals surface area contributed by atoms with Crippen molar-refractivity contribution in [2.24, 2.45) is 0 Å². The summed E-state index contributed by atoms with van der Waals surface area (Å²) in [5.41, 5.74) is 0.650. The van der Waals surface area contributed by atoms with Crippen molar-refractivity contribution in [3.63, 3.8) is 0 Å². The molecule has 0 fully saturated rings. The molecule has 0 aromatic carbocycles. The van der Waals surface area contributed by atoms with Crippen LogP contribution in [0.5, 0.6) is 0 Å². The van der Waals surface area contributed by atoms with Gasteiger partial charge in [-0.2, -0.15) is 0 Å². The lowest BCUT2D eigenvalue weighted by atomic mass is 10.3. The van der Waals surface area contributed by atoms with Gasteiger partial charge in [-0.15, -0.1) is 0 Å². The number of rotatable bonds is 1. The molecule has 4 nitrogen and oxygen atoms in total. The molecule has 0 amide bonds. The van der Waals surface area contributed by atoms with Gasteiger partial charge >= 0.3 is 5.97 Å². The summed E-state index contributed by atoms with van der Waals surface area (Å²) in [6, 6.07) is 0. The molecule has 0 unspecified atom stereocenters. The highest BCUT2D eigenvalue weighted by Gasteiger charge is 2.17. The average Bonchev–Trinajstić information content (AvgIpc) is 2.32. The second-order valence-electron chi connectivity index (χ2n) is 1.92. The number of aromatic nitrogens is 1. The molecule has 5 heteroatoms. The Morgan fingerprint density at radius 2 is 2.36 bits per heavy atom. The highest BCUT2D eigenvalue weighted by atomic mass is 79.9. The number of carbonyl (C=O) groups excluding carboxylic acids is 1. The van der Waals surface area contributed by atoms with Crippen molar-refractivity contribution < 1.29 is 14.1 Å². The minimum atomic E-state index is -0.513. The van der Waals surface area contributed by atoms with Gasteiger partial charge in [0.05, 0.1) is 7.11 Å². The van der Waals surface area contributed by atoms with Crippen LogP contribution in [0.4, 0.5) is 0 Å². The summed E-state index contributed by atoms with van der Waals surface area (Å²) in [7, 11) is 1.29. The van der Waals surface area contributed by atoms with Crippen LogP contribution >= 0.6 is 15.9 Å². The molecule has 0 aliphatic rings. The van der Waals surface area contributed by atoms with Crippen LogP contribution in [-0.2, 0) is 4.74 Å². The van der Waals surface area contributed by atoms with Crippen molar-refractivity contribution in [3.05, 3.63) is 15.9 Å². The molecule has 1 rings (SSSR count). The molecule has 0 bridgehead atoms. The maximum atomic E-state index is 10.9. The summed E-state index contributed by atoms with van der Waals surface area (Å²) in [6.45, 7) is 1.72. The van der Waals surface area contributed by atoms with Crippen LogP contribution in [0.15, 0.2) is 9.13 Å². The summed E-state index contributed by atoms with van der Waals surface area (Å²) < 4.78 is 9.64. The van der Waals surface area contributed by atoms with Gasteiger partial charge in [0.15, 0.2) is 4.60 Å². The number of methoxy groups -OCH3 is 1. The van der Waals surface area contributed by atoms with E-state index in [1.54, 1.807) is 6.92 Å². The Kier molecular flexibility index (Phi) is 2.28. The monoisotopic (exact) mass is 219 g/mol. The number of carbonyl (C=O) groups is 1. The van der Waals surface area contributed by atoms with Crippen molar-refractivity contribution in [1.29, 1.82) is 0 Å². The van der Waals surface area contributed by atoms with E-state index >= 15 is 0 Å². The highest BCUT2D eigenvalue weighted by Crippen LogP contribution is 2.18. The van der Waals surface area contributed by atoms with Gasteiger partial charge in [0, 0.05) is 5.56 Å². The third-order valence-electron chi connectivity index (χ3n) is 1.24. The predicted octanol–water partition coefficient (Wildman–Crippen LogP) is 1.53. The summed E-state index contributed by atoms with van der Waals surface area (Å²) in [4.78, 5) is 10.9. The van der Waals surface area contributed by atoms with Crippen LogP contribution in [0.25, 0.3) is 0 Å². The summed E-state index contributed by atoms with van der Waals surface area (Å²) in [5, 5.41) is 3.53. The van der Waals surface area contributed by atoms with E-state index in [1.807, 2.05) is 0 Å². The Balaban J connectivity index is 3.04. The van der Waals surface area contributed by atoms with Gasteiger partial charge in [-0.3, -0.25) is 0 Å². The Morgan fingerprint density at radius 1 is 1.73 bits per heavy atom. The van der Waals surface area contributed by atoms with E-state index in [0.29, 0.717) is 10.2 Å². The summed E-state index contributed by atoms with van der Waals surface area (Å²) >= 11 is 3.10. The number of hydrogen-bond acceptors (Lipinski definition) is 4. The number of esters is 1. The quantitative estimate of drug-likeness (QED) is 0.673. The zero-order chi connectivity index (χ0) is 8.43. The van der Waals surface area contributed by atoms with Crippen molar-refractivity contribution in [2.45, 2.75) is 6.92 Å². The normalized spacial score (nSPS) is 9.73. The third-order valence-corrected chi connectivity index (χ3v) is 1.98. The van der Waals surface area contributed by atoms with Crippen molar-refractivity contribution in [1.82, 2.24) is 5.16 Å². The van der Waals surface area contributed by atoms with Crippen molar-refractivity contribution in [2.75, 3.05) is 7.11 Å². The van der Waals surface area contributed by atoms with Crippen LogP contribution in [0.2, 0.25) is 0 Å². The molecule has 1 aromatic heterocycles. The fourth-order valence-electron chi connectivity index (χ4n) is 0.599. The molecule has 0 saturated heterocycles. The minimum absolute atomic E-state index is 0.138. The molecule has 1 heterocycles. The smallest absolute Gasteiger partial charge is 0.377 e.